The highest BCUT2D eigenvalue weighted by Gasteiger charge is 2.27. The van der Waals surface area contributed by atoms with Gasteiger partial charge in [0.15, 0.2) is 0 Å². The number of hydrazone groups is 1. The minimum Gasteiger partial charge on any atom is -0.462 e. The Labute approximate surface area is 234 Å². The third kappa shape index (κ3) is 7.30. The van der Waals surface area contributed by atoms with Gasteiger partial charge in [0.25, 0.3) is 0 Å². The van der Waals surface area contributed by atoms with Crippen molar-refractivity contribution in [1.29, 1.82) is 0 Å². The summed E-state index contributed by atoms with van der Waals surface area (Å²) in [5, 5.41) is 7.21. The molecule has 0 fully saturated rings. The Hall–Kier alpha value is -4.02. The molecule has 39 heavy (non-hydrogen) atoms. The lowest BCUT2D eigenvalue weighted by Crippen LogP contribution is -2.32. The smallest absolute Gasteiger partial charge is 0.343 e. The average molecular weight is 568 g/mol. The van der Waals surface area contributed by atoms with E-state index in [0.29, 0.717) is 32.5 Å². The Morgan fingerprint density at radius 3 is 2.38 bits per heavy atom. The molecule has 11 heteroatoms. The summed E-state index contributed by atoms with van der Waals surface area (Å²) in [6.07, 6.45) is 5.91. The summed E-state index contributed by atoms with van der Waals surface area (Å²) in [5.41, 5.74) is 4.36. The zero-order valence-corrected chi connectivity index (χ0v) is 22.7. The van der Waals surface area contributed by atoms with Gasteiger partial charge in [-0.2, -0.15) is 5.10 Å². The van der Waals surface area contributed by atoms with Crippen molar-refractivity contribution < 1.29 is 28.7 Å². The van der Waals surface area contributed by atoms with E-state index in [4.69, 9.17) is 21.1 Å². The second kappa shape index (κ2) is 13.2. The second-order valence-electron chi connectivity index (χ2n) is 8.61. The number of halogens is 1. The molecule has 2 aromatic carbocycles. The monoisotopic (exact) mass is 567 g/mol. The summed E-state index contributed by atoms with van der Waals surface area (Å²) in [4.78, 5) is 50.8. The van der Waals surface area contributed by atoms with Crippen molar-refractivity contribution in [2.24, 2.45) is 5.10 Å². The minimum absolute atomic E-state index is 0.206. The molecule has 0 unspecified atom stereocenters. The van der Waals surface area contributed by atoms with Gasteiger partial charge in [-0.05, 0) is 92.3 Å². The molecule has 2 amide bonds. The van der Waals surface area contributed by atoms with Gasteiger partial charge in [-0.15, -0.1) is 11.3 Å². The van der Waals surface area contributed by atoms with Crippen molar-refractivity contribution in [3.8, 4) is 5.75 Å². The van der Waals surface area contributed by atoms with E-state index in [9.17, 15) is 19.2 Å². The highest BCUT2D eigenvalue weighted by Crippen LogP contribution is 2.38. The van der Waals surface area contributed by atoms with Crippen LogP contribution in [0, 0.1) is 0 Å². The molecular formula is C28H26ClN3O6S. The van der Waals surface area contributed by atoms with Gasteiger partial charge in [0.1, 0.15) is 10.8 Å². The maximum absolute atomic E-state index is 12.6. The summed E-state index contributed by atoms with van der Waals surface area (Å²) < 4.78 is 10.5. The van der Waals surface area contributed by atoms with Crippen LogP contribution >= 0.6 is 22.9 Å². The van der Waals surface area contributed by atoms with E-state index in [1.165, 1.54) is 17.6 Å². The van der Waals surface area contributed by atoms with Crippen LogP contribution < -0.4 is 15.5 Å². The van der Waals surface area contributed by atoms with E-state index in [1.807, 2.05) is 0 Å². The minimum atomic E-state index is -0.988. The number of carbonyl (C=O) groups excluding carboxylic acids is 4. The fourth-order valence-corrected chi connectivity index (χ4v) is 5.40. The molecule has 1 aliphatic rings. The zero-order valence-electron chi connectivity index (χ0n) is 21.1. The molecule has 1 heterocycles. The van der Waals surface area contributed by atoms with Crippen molar-refractivity contribution >= 4 is 57.9 Å². The molecule has 0 saturated carbocycles. The summed E-state index contributed by atoms with van der Waals surface area (Å²) in [6.45, 7) is 1.92. The number of hydrogen-bond donors (Lipinski definition) is 2. The van der Waals surface area contributed by atoms with Crippen LogP contribution in [0.25, 0.3) is 0 Å². The largest absolute Gasteiger partial charge is 0.462 e. The molecule has 1 aromatic heterocycles. The van der Waals surface area contributed by atoms with Crippen LogP contribution in [0.2, 0.25) is 5.02 Å². The van der Waals surface area contributed by atoms with Crippen LogP contribution in [0.5, 0.6) is 5.75 Å². The van der Waals surface area contributed by atoms with Gasteiger partial charge in [-0.25, -0.2) is 15.0 Å². The van der Waals surface area contributed by atoms with Gasteiger partial charge < -0.3 is 14.8 Å². The molecule has 0 aliphatic heterocycles. The number of amides is 2. The summed E-state index contributed by atoms with van der Waals surface area (Å²) in [5.74, 6) is -2.65. The third-order valence-corrected chi connectivity index (χ3v) is 7.34. The Bertz CT molecular complexity index is 1400. The number of nitrogens with one attached hydrogen (secondary N) is 2. The van der Waals surface area contributed by atoms with Gasteiger partial charge in [0.2, 0.25) is 0 Å². The normalized spacial score (nSPS) is 12.8. The second-order valence-corrected chi connectivity index (χ2v) is 10.1. The summed E-state index contributed by atoms with van der Waals surface area (Å²) in [6, 6.07) is 12.7. The Morgan fingerprint density at radius 1 is 0.949 bits per heavy atom. The van der Waals surface area contributed by atoms with Gasteiger partial charge in [-0.1, -0.05) is 18.0 Å². The highest BCUT2D eigenvalue weighted by atomic mass is 35.5. The number of hydrogen-bond acceptors (Lipinski definition) is 8. The lowest BCUT2D eigenvalue weighted by molar-refractivity contribution is -0.136. The molecular weight excluding hydrogens is 542 g/mol. The Kier molecular flexibility index (Phi) is 9.45. The number of ether oxygens (including phenoxy) is 2. The SMILES string of the molecule is CCOC(=O)c1c(NC(=O)C(=O)NN=Cc2ccc(OC(=O)c3ccc(Cl)cc3)cc2)sc2c1CCCCC2. The van der Waals surface area contributed by atoms with Crippen LogP contribution in [-0.2, 0) is 27.2 Å². The van der Waals surface area contributed by atoms with Gasteiger partial charge in [0.05, 0.1) is 23.9 Å². The topological polar surface area (TPSA) is 123 Å². The van der Waals surface area contributed by atoms with Crippen molar-refractivity contribution in [2.45, 2.75) is 39.0 Å². The first kappa shape index (κ1) is 28.0. The first-order valence-electron chi connectivity index (χ1n) is 12.4. The highest BCUT2D eigenvalue weighted by molar-refractivity contribution is 7.17. The standard InChI is InChI=1S/C28H26ClN3O6S/c1-2-37-28(36)23-21-6-4-3-5-7-22(21)39-26(23)31-24(33)25(34)32-30-16-17-8-14-20(15-9-17)38-27(35)18-10-12-19(29)13-11-18/h8-16H,2-7H2,1H3,(H,31,33)(H,32,34). The number of aryl methyl sites for hydroxylation is 1. The summed E-state index contributed by atoms with van der Waals surface area (Å²) in [7, 11) is 0. The van der Waals surface area contributed by atoms with Crippen molar-refractivity contribution in [1.82, 2.24) is 5.43 Å². The molecule has 0 spiro atoms. The molecule has 9 nitrogen and oxygen atoms in total. The number of benzene rings is 2. The fourth-order valence-electron chi connectivity index (χ4n) is 4.00. The number of anilines is 1. The summed E-state index contributed by atoms with van der Waals surface area (Å²) >= 11 is 7.14. The van der Waals surface area contributed by atoms with E-state index in [2.05, 4.69) is 15.8 Å². The molecule has 3 aromatic rings. The van der Waals surface area contributed by atoms with Crippen molar-refractivity contribution in [3.05, 3.63) is 80.7 Å². The van der Waals surface area contributed by atoms with Crippen LogP contribution in [0.15, 0.2) is 53.6 Å². The molecule has 0 atom stereocenters. The molecule has 2 N–H and O–H groups in total. The van der Waals surface area contributed by atoms with E-state index in [-0.39, 0.29) is 6.61 Å². The van der Waals surface area contributed by atoms with Crippen LogP contribution in [0.1, 0.15) is 62.9 Å². The Morgan fingerprint density at radius 2 is 1.67 bits per heavy atom. The molecule has 4 rings (SSSR count). The number of fused-ring (bicyclic) bond motifs is 1. The number of rotatable bonds is 7. The predicted molar refractivity (Wildman–Crippen MR) is 149 cm³/mol. The molecule has 0 bridgehead atoms. The van der Waals surface area contributed by atoms with Gasteiger partial charge >= 0.3 is 23.8 Å². The van der Waals surface area contributed by atoms with Crippen molar-refractivity contribution in [3.63, 3.8) is 0 Å². The molecule has 1 aliphatic carbocycles. The van der Waals surface area contributed by atoms with E-state index in [1.54, 1.807) is 55.5 Å². The van der Waals surface area contributed by atoms with Gasteiger partial charge in [0, 0.05) is 9.90 Å². The molecule has 0 radical (unpaired) electrons. The maximum atomic E-state index is 12.6. The first-order valence-corrected chi connectivity index (χ1v) is 13.6. The molecule has 0 saturated heterocycles. The van der Waals surface area contributed by atoms with E-state index in [0.717, 1.165) is 42.5 Å². The number of carbonyl (C=O) groups is 4. The van der Waals surface area contributed by atoms with Crippen LogP contribution in [0.4, 0.5) is 5.00 Å². The molecule has 202 valence electrons. The number of thiophene rings is 1. The average Bonchev–Trinajstić information content (AvgIpc) is 3.10. The zero-order chi connectivity index (χ0) is 27.8. The lowest BCUT2D eigenvalue weighted by Gasteiger charge is -2.08. The third-order valence-electron chi connectivity index (χ3n) is 5.88. The lowest BCUT2D eigenvalue weighted by atomic mass is 10.1. The van der Waals surface area contributed by atoms with Crippen LogP contribution in [0.3, 0.4) is 0 Å². The number of nitrogens with zero attached hydrogens (tertiary/aromatic N) is 1. The number of esters is 2. The predicted octanol–water partition coefficient (Wildman–Crippen LogP) is 5.16. The van der Waals surface area contributed by atoms with E-state index < -0.39 is 23.8 Å². The van der Waals surface area contributed by atoms with Gasteiger partial charge in [-0.3, -0.25) is 9.59 Å². The maximum Gasteiger partial charge on any atom is 0.343 e. The first-order chi connectivity index (χ1) is 18.9. The Balaban J connectivity index is 1.34. The van der Waals surface area contributed by atoms with Crippen molar-refractivity contribution in [2.75, 3.05) is 11.9 Å². The van der Waals surface area contributed by atoms with Crippen LogP contribution in [-0.4, -0.2) is 36.6 Å². The van der Waals surface area contributed by atoms with E-state index >= 15 is 0 Å². The fraction of sp³-hybridized carbons (Fsp3) is 0.250. The quantitative estimate of drug-likeness (QED) is 0.102.